The van der Waals surface area contributed by atoms with E-state index < -0.39 is 0 Å². The summed E-state index contributed by atoms with van der Waals surface area (Å²) >= 11 is 5.06. The highest BCUT2D eigenvalue weighted by atomic mass is 79.9. The van der Waals surface area contributed by atoms with Crippen molar-refractivity contribution in [1.82, 2.24) is 14.7 Å². The Balaban J connectivity index is 2.19. The minimum atomic E-state index is 0.0189. The maximum atomic E-state index is 12.5. The largest absolute Gasteiger partial charge is 0.337 e. The van der Waals surface area contributed by atoms with Crippen LogP contribution in [0, 0.1) is 13.8 Å². The predicted octanol–water partition coefficient (Wildman–Crippen LogP) is 3.13. The lowest BCUT2D eigenvalue weighted by molar-refractivity contribution is 0.0783. The van der Waals surface area contributed by atoms with Gasteiger partial charge in [0.15, 0.2) is 0 Å². The van der Waals surface area contributed by atoms with Gasteiger partial charge in [0.05, 0.1) is 15.0 Å². The molecular weight excluding hydrogens is 326 g/mol. The van der Waals surface area contributed by atoms with Gasteiger partial charge in [-0.05, 0) is 46.8 Å². The fourth-order valence-electron chi connectivity index (χ4n) is 2.05. The summed E-state index contributed by atoms with van der Waals surface area (Å²) in [4.78, 5) is 14.2. The first-order valence-corrected chi connectivity index (χ1v) is 7.56. The number of halogens is 1. The van der Waals surface area contributed by atoms with Crippen molar-refractivity contribution in [2.24, 2.45) is 7.05 Å². The van der Waals surface area contributed by atoms with Crippen LogP contribution in [0.15, 0.2) is 15.2 Å². The lowest BCUT2D eigenvalue weighted by Gasteiger charge is -2.16. The number of carbonyl (C=O) groups is 1. The van der Waals surface area contributed by atoms with E-state index in [0.29, 0.717) is 12.1 Å². The molecule has 2 aromatic rings. The van der Waals surface area contributed by atoms with E-state index in [1.54, 1.807) is 20.9 Å². The molecule has 6 heteroatoms. The summed E-state index contributed by atoms with van der Waals surface area (Å²) in [5, 5.41) is 6.34. The molecule has 0 bridgehead atoms. The molecular formula is C13H16BrN3OS. The Hall–Kier alpha value is -1.14. The molecule has 0 aromatic carbocycles. The SMILES string of the molecule is Cc1nn(C)c(C)c1C(=O)N(C)Cc1csc(Br)c1. The summed E-state index contributed by atoms with van der Waals surface area (Å²) in [6.07, 6.45) is 0. The minimum absolute atomic E-state index is 0.0189. The zero-order chi connectivity index (χ0) is 14.2. The first kappa shape index (κ1) is 14.3. The van der Waals surface area contributed by atoms with Crippen molar-refractivity contribution < 1.29 is 4.79 Å². The molecule has 0 aliphatic carbocycles. The van der Waals surface area contributed by atoms with E-state index >= 15 is 0 Å². The van der Waals surface area contributed by atoms with Crippen LogP contribution in [0.25, 0.3) is 0 Å². The van der Waals surface area contributed by atoms with Crippen molar-refractivity contribution in [3.8, 4) is 0 Å². The normalized spacial score (nSPS) is 10.8. The summed E-state index contributed by atoms with van der Waals surface area (Å²) in [6.45, 7) is 4.40. The second-order valence-corrected chi connectivity index (χ2v) is 6.88. The third-order valence-electron chi connectivity index (χ3n) is 3.11. The second-order valence-electron chi connectivity index (χ2n) is 4.59. The molecule has 0 fully saturated rings. The van der Waals surface area contributed by atoms with E-state index in [-0.39, 0.29) is 5.91 Å². The predicted molar refractivity (Wildman–Crippen MR) is 80.5 cm³/mol. The van der Waals surface area contributed by atoms with Crippen LogP contribution in [0.3, 0.4) is 0 Å². The van der Waals surface area contributed by atoms with Gasteiger partial charge < -0.3 is 4.90 Å². The molecule has 0 saturated heterocycles. The average molecular weight is 342 g/mol. The molecule has 0 atom stereocenters. The number of carbonyl (C=O) groups excluding carboxylic acids is 1. The maximum Gasteiger partial charge on any atom is 0.257 e. The molecule has 0 unspecified atom stereocenters. The van der Waals surface area contributed by atoms with Crippen LogP contribution in [0.2, 0.25) is 0 Å². The smallest absolute Gasteiger partial charge is 0.257 e. The molecule has 0 N–H and O–H groups in total. The van der Waals surface area contributed by atoms with Crippen LogP contribution in [-0.2, 0) is 13.6 Å². The Bertz CT molecular complexity index is 617. The van der Waals surface area contributed by atoms with Crippen molar-refractivity contribution in [1.29, 1.82) is 0 Å². The first-order chi connectivity index (χ1) is 8.90. The lowest BCUT2D eigenvalue weighted by atomic mass is 10.1. The Labute approximate surface area is 125 Å². The molecule has 1 amide bonds. The van der Waals surface area contributed by atoms with Gasteiger partial charge in [-0.1, -0.05) is 0 Å². The van der Waals surface area contributed by atoms with Crippen LogP contribution in [0.4, 0.5) is 0 Å². The quantitative estimate of drug-likeness (QED) is 0.860. The number of nitrogens with zero attached hydrogens (tertiary/aromatic N) is 3. The van der Waals surface area contributed by atoms with Gasteiger partial charge in [0.1, 0.15) is 0 Å². The van der Waals surface area contributed by atoms with Gasteiger partial charge in [0.2, 0.25) is 0 Å². The number of aromatic nitrogens is 2. The molecule has 19 heavy (non-hydrogen) atoms. The first-order valence-electron chi connectivity index (χ1n) is 5.88. The van der Waals surface area contributed by atoms with E-state index in [4.69, 9.17) is 0 Å². The van der Waals surface area contributed by atoms with E-state index in [9.17, 15) is 4.79 Å². The molecule has 0 saturated carbocycles. The van der Waals surface area contributed by atoms with Crippen molar-refractivity contribution >= 4 is 33.2 Å². The van der Waals surface area contributed by atoms with E-state index in [2.05, 4.69) is 26.4 Å². The Morgan fingerprint density at radius 1 is 1.53 bits per heavy atom. The Morgan fingerprint density at radius 2 is 2.21 bits per heavy atom. The number of hydrogen-bond donors (Lipinski definition) is 0. The lowest BCUT2D eigenvalue weighted by Crippen LogP contribution is -2.27. The zero-order valence-electron chi connectivity index (χ0n) is 11.4. The van der Waals surface area contributed by atoms with Crippen LogP contribution in [-0.4, -0.2) is 27.6 Å². The maximum absolute atomic E-state index is 12.5. The average Bonchev–Trinajstić information content (AvgIpc) is 2.84. The minimum Gasteiger partial charge on any atom is -0.337 e. The van der Waals surface area contributed by atoms with Crippen LogP contribution in [0.1, 0.15) is 27.3 Å². The van der Waals surface area contributed by atoms with Gasteiger partial charge in [-0.15, -0.1) is 11.3 Å². The van der Waals surface area contributed by atoms with Gasteiger partial charge in [0, 0.05) is 26.3 Å². The molecule has 0 aliphatic rings. The van der Waals surface area contributed by atoms with Crippen molar-refractivity contribution in [3.05, 3.63) is 37.7 Å². The summed E-state index contributed by atoms with van der Waals surface area (Å²) in [5.74, 6) is 0.0189. The molecule has 2 heterocycles. The van der Waals surface area contributed by atoms with E-state index in [1.165, 1.54) is 0 Å². The highest BCUT2D eigenvalue weighted by Gasteiger charge is 2.20. The van der Waals surface area contributed by atoms with Gasteiger partial charge in [-0.2, -0.15) is 5.10 Å². The third-order valence-corrected chi connectivity index (χ3v) is 4.66. The molecule has 2 aromatic heterocycles. The van der Waals surface area contributed by atoms with E-state index in [1.807, 2.05) is 34.0 Å². The monoisotopic (exact) mass is 341 g/mol. The van der Waals surface area contributed by atoms with Gasteiger partial charge in [-0.25, -0.2) is 0 Å². The number of amides is 1. The fourth-order valence-corrected chi connectivity index (χ4v) is 3.25. The molecule has 2 rings (SSSR count). The summed E-state index contributed by atoms with van der Waals surface area (Å²) in [6, 6.07) is 2.04. The number of thiophene rings is 1. The molecule has 0 aliphatic heterocycles. The number of aryl methyl sites for hydroxylation is 2. The highest BCUT2D eigenvalue weighted by Crippen LogP contribution is 2.22. The van der Waals surface area contributed by atoms with Crippen LogP contribution < -0.4 is 0 Å². The van der Waals surface area contributed by atoms with Gasteiger partial charge in [0.25, 0.3) is 5.91 Å². The molecule has 0 spiro atoms. The summed E-state index contributed by atoms with van der Waals surface area (Å²) < 4.78 is 2.83. The van der Waals surface area contributed by atoms with Crippen molar-refractivity contribution in [3.63, 3.8) is 0 Å². The number of hydrogen-bond acceptors (Lipinski definition) is 3. The standard InChI is InChI=1S/C13H16BrN3OS/c1-8-12(9(2)17(4)15-8)13(18)16(3)6-10-5-11(14)19-7-10/h5,7H,6H2,1-4H3. The second kappa shape index (κ2) is 5.46. The molecule has 4 nitrogen and oxygen atoms in total. The molecule has 0 radical (unpaired) electrons. The van der Waals surface area contributed by atoms with Crippen molar-refractivity contribution in [2.45, 2.75) is 20.4 Å². The number of rotatable bonds is 3. The van der Waals surface area contributed by atoms with Crippen molar-refractivity contribution in [2.75, 3.05) is 7.05 Å². The Kier molecular flexibility index (Phi) is 4.10. The summed E-state index contributed by atoms with van der Waals surface area (Å²) in [7, 11) is 3.68. The topological polar surface area (TPSA) is 38.1 Å². The van der Waals surface area contributed by atoms with Gasteiger partial charge >= 0.3 is 0 Å². The Morgan fingerprint density at radius 3 is 2.68 bits per heavy atom. The molecule has 102 valence electrons. The fraction of sp³-hybridized carbons (Fsp3) is 0.385. The zero-order valence-corrected chi connectivity index (χ0v) is 13.8. The third kappa shape index (κ3) is 2.90. The van der Waals surface area contributed by atoms with E-state index in [0.717, 1.165) is 20.7 Å². The van der Waals surface area contributed by atoms with Gasteiger partial charge in [-0.3, -0.25) is 9.48 Å². The van der Waals surface area contributed by atoms with Crippen LogP contribution >= 0.6 is 27.3 Å². The summed E-state index contributed by atoms with van der Waals surface area (Å²) in [5.41, 5.74) is 3.52. The van der Waals surface area contributed by atoms with Crippen LogP contribution in [0.5, 0.6) is 0 Å². The highest BCUT2D eigenvalue weighted by molar-refractivity contribution is 9.11.